The summed E-state index contributed by atoms with van der Waals surface area (Å²) in [5.41, 5.74) is 1.69. The minimum absolute atomic E-state index is 0.0642. The van der Waals surface area contributed by atoms with Crippen LogP contribution >= 0.6 is 23.4 Å². The molecule has 1 aliphatic rings. The number of ether oxygens (including phenoxy) is 2. The molecule has 0 radical (unpaired) electrons. The minimum Gasteiger partial charge on any atom is -0.493 e. The van der Waals surface area contributed by atoms with E-state index in [-0.39, 0.29) is 5.91 Å². The lowest BCUT2D eigenvalue weighted by Crippen LogP contribution is -2.19. The molecule has 1 aliphatic heterocycles. The lowest BCUT2D eigenvalue weighted by Gasteiger charge is -2.12. The van der Waals surface area contributed by atoms with E-state index in [0.29, 0.717) is 34.0 Å². The zero-order valence-electron chi connectivity index (χ0n) is 13.9. The van der Waals surface area contributed by atoms with E-state index in [0.717, 1.165) is 11.1 Å². The Morgan fingerprint density at radius 2 is 2.12 bits per heavy atom. The van der Waals surface area contributed by atoms with Crippen LogP contribution in [0.15, 0.2) is 52.7 Å². The second-order valence-corrected chi connectivity index (χ2v) is 6.65. The molecule has 3 rings (SSSR count). The average Bonchev–Trinajstić information content (AvgIpc) is 3.06. The van der Waals surface area contributed by atoms with Gasteiger partial charge in [0.2, 0.25) is 5.91 Å². The SMILES string of the molecule is COc1cc(C=NN=C2NC(=O)CS2)ccc1OCc1ccccc1Cl. The first kappa shape index (κ1) is 18.3. The lowest BCUT2D eigenvalue weighted by molar-refractivity contribution is -0.116. The van der Waals surface area contributed by atoms with Gasteiger partial charge in [-0.05, 0) is 29.8 Å². The number of benzene rings is 2. The van der Waals surface area contributed by atoms with Gasteiger partial charge in [0.1, 0.15) is 6.61 Å². The Kier molecular flexibility index (Phi) is 6.14. The molecule has 0 bridgehead atoms. The minimum atomic E-state index is -0.0642. The number of carbonyl (C=O) groups excluding carboxylic acids is 1. The number of amidine groups is 1. The normalized spacial score (nSPS) is 15.5. The van der Waals surface area contributed by atoms with Gasteiger partial charge in [-0.25, -0.2) is 0 Å². The van der Waals surface area contributed by atoms with E-state index < -0.39 is 0 Å². The number of thioether (sulfide) groups is 1. The van der Waals surface area contributed by atoms with Crippen molar-refractivity contribution in [1.82, 2.24) is 5.32 Å². The molecule has 1 N–H and O–H groups in total. The predicted octanol–water partition coefficient (Wildman–Crippen LogP) is 3.48. The van der Waals surface area contributed by atoms with Gasteiger partial charge in [-0.15, -0.1) is 5.10 Å². The molecule has 8 heteroatoms. The highest BCUT2D eigenvalue weighted by atomic mass is 35.5. The standard InChI is InChI=1S/C18H16ClN3O3S/c1-24-16-8-12(9-20-22-18-21-17(23)11-26-18)6-7-15(16)25-10-13-4-2-3-5-14(13)19/h2-9H,10-11H2,1H3,(H,21,22,23). The van der Waals surface area contributed by atoms with Crippen LogP contribution in [0, 0.1) is 0 Å². The molecular formula is C18H16ClN3O3S. The molecule has 0 saturated carbocycles. The summed E-state index contributed by atoms with van der Waals surface area (Å²) in [6.07, 6.45) is 1.58. The maximum atomic E-state index is 11.1. The lowest BCUT2D eigenvalue weighted by atomic mass is 10.2. The molecule has 26 heavy (non-hydrogen) atoms. The molecule has 1 heterocycles. The Bertz CT molecular complexity index is 871. The van der Waals surface area contributed by atoms with Gasteiger partial charge >= 0.3 is 0 Å². The molecule has 1 amide bonds. The monoisotopic (exact) mass is 389 g/mol. The van der Waals surface area contributed by atoms with Gasteiger partial charge < -0.3 is 14.8 Å². The van der Waals surface area contributed by atoms with Gasteiger partial charge in [-0.1, -0.05) is 41.6 Å². The molecule has 0 unspecified atom stereocenters. The third-order valence-corrected chi connectivity index (χ3v) is 4.70. The average molecular weight is 390 g/mol. The van der Waals surface area contributed by atoms with Crippen LogP contribution < -0.4 is 14.8 Å². The molecule has 2 aromatic carbocycles. The summed E-state index contributed by atoms with van der Waals surface area (Å²) in [5.74, 6) is 1.50. The fraction of sp³-hybridized carbons (Fsp3) is 0.167. The zero-order valence-corrected chi connectivity index (χ0v) is 15.5. The van der Waals surface area contributed by atoms with Crippen LogP contribution in [0.3, 0.4) is 0 Å². The largest absolute Gasteiger partial charge is 0.493 e. The van der Waals surface area contributed by atoms with Crippen molar-refractivity contribution in [3.63, 3.8) is 0 Å². The summed E-state index contributed by atoms with van der Waals surface area (Å²) >= 11 is 7.46. The summed E-state index contributed by atoms with van der Waals surface area (Å²) in [4.78, 5) is 11.1. The van der Waals surface area contributed by atoms with Crippen LogP contribution in [-0.4, -0.2) is 30.2 Å². The van der Waals surface area contributed by atoms with Crippen LogP contribution in [0.5, 0.6) is 11.5 Å². The Morgan fingerprint density at radius 3 is 2.85 bits per heavy atom. The van der Waals surface area contributed by atoms with Crippen LogP contribution in [0.2, 0.25) is 5.02 Å². The first-order valence-corrected chi connectivity index (χ1v) is 9.10. The van der Waals surface area contributed by atoms with Crippen LogP contribution in [0.25, 0.3) is 0 Å². The van der Waals surface area contributed by atoms with Crippen molar-refractivity contribution in [2.45, 2.75) is 6.61 Å². The number of rotatable bonds is 6. The van der Waals surface area contributed by atoms with E-state index in [9.17, 15) is 4.79 Å². The maximum Gasteiger partial charge on any atom is 0.236 e. The Labute approximate surface area is 160 Å². The van der Waals surface area contributed by atoms with Gasteiger partial charge in [0.05, 0.1) is 19.1 Å². The molecule has 0 atom stereocenters. The predicted molar refractivity (Wildman–Crippen MR) is 104 cm³/mol. The molecule has 134 valence electrons. The topological polar surface area (TPSA) is 72.3 Å². The van der Waals surface area contributed by atoms with Crippen LogP contribution in [-0.2, 0) is 11.4 Å². The quantitative estimate of drug-likeness (QED) is 0.606. The fourth-order valence-corrected chi connectivity index (χ4v) is 3.00. The number of nitrogens with zero attached hydrogens (tertiary/aromatic N) is 2. The number of hydrogen-bond acceptors (Lipinski definition) is 6. The van der Waals surface area contributed by atoms with E-state index in [4.69, 9.17) is 21.1 Å². The summed E-state index contributed by atoms with van der Waals surface area (Å²) in [7, 11) is 1.57. The highest BCUT2D eigenvalue weighted by Crippen LogP contribution is 2.29. The molecule has 6 nitrogen and oxygen atoms in total. The second kappa shape index (κ2) is 8.73. The number of methoxy groups -OCH3 is 1. The Hall–Kier alpha value is -2.51. The van der Waals surface area contributed by atoms with Gasteiger partial charge in [-0.3, -0.25) is 4.79 Å². The Morgan fingerprint density at radius 1 is 1.27 bits per heavy atom. The van der Waals surface area contributed by atoms with E-state index in [1.807, 2.05) is 30.3 Å². The summed E-state index contributed by atoms with van der Waals surface area (Å²) in [5, 5.41) is 11.7. The molecule has 0 spiro atoms. The van der Waals surface area contributed by atoms with Crippen molar-refractivity contribution in [2.24, 2.45) is 10.2 Å². The third-order valence-electron chi connectivity index (χ3n) is 3.47. The third kappa shape index (κ3) is 4.77. The summed E-state index contributed by atoms with van der Waals surface area (Å²) < 4.78 is 11.2. The van der Waals surface area contributed by atoms with Crippen molar-refractivity contribution < 1.29 is 14.3 Å². The first-order chi connectivity index (χ1) is 12.7. The number of halogens is 1. The zero-order chi connectivity index (χ0) is 18.4. The molecule has 1 fully saturated rings. The second-order valence-electron chi connectivity index (χ2n) is 5.28. The number of amides is 1. The van der Waals surface area contributed by atoms with Crippen molar-refractivity contribution in [3.8, 4) is 11.5 Å². The molecule has 0 aromatic heterocycles. The van der Waals surface area contributed by atoms with Crippen molar-refractivity contribution in [3.05, 3.63) is 58.6 Å². The highest BCUT2D eigenvalue weighted by Gasteiger charge is 2.16. The number of nitrogens with one attached hydrogen (secondary N) is 1. The van der Waals surface area contributed by atoms with Gasteiger partial charge in [0.25, 0.3) is 0 Å². The van der Waals surface area contributed by atoms with Crippen molar-refractivity contribution in [2.75, 3.05) is 12.9 Å². The van der Waals surface area contributed by atoms with E-state index in [1.54, 1.807) is 25.5 Å². The van der Waals surface area contributed by atoms with E-state index in [1.165, 1.54) is 11.8 Å². The molecule has 1 saturated heterocycles. The molecular weight excluding hydrogens is 374 g/mol. The summed E-state index contributed by atoms with van der Waals surface area (Å²) in [6.45, 7) is 0.341. The molecule has 2 aromatic rings. The van der Waals surface area contributed by atoms with Crippen molar-refractivity contribution >= 4 is 40.7 Å². The van der Waals surface area contributed by atoms with Gasteiger partial charge in [0.15, 0.2) is 16.7 Å². The van der Waals surface area contributed by atoms with E-state index in [2.05, 4.69) is 15.5 Å². The highest BCUT2D eigenvalue weighted by molar-refractivity contribution is 8.15. The number of carbonyl (C=O) groups is 1. The number of hydrogen-bond donors (Lipinski definition) is 1. The Balaban J connectivity index is 1.67. The van der Waals surface area contributed by atoms with Crippen molar-refractivity contribution in [1.29, 1.82) is 0 Å². The first-order valence-electron chi connectivity index (χ1n) is 7.73. The van der Waals surface area contributed by atoms with E-state index >= 15 is 0 Å². The van der Waals surface area contributed by atoms with Crippen LogP contribution in [0.4, 0.5) is 0 Å². The summed E-state index contributed by atoms with van der Waals surface area (Å²) in [6, 6.07) is 13.0. The smallest absolute Gasteiger partial charge is 0.236 e. The molecule has 0 aliphatic carbocycles. The fourth-order valence-electron chi connectivity index (χ4n) is 2.18. The van der Waals surface area contributed by atoms with Crippen LogP contribution in [0.1, 0.15) is 11.1 Å². The maximum absolute atomic E-state index is 11.1. The van der Waals surface area contributed by atoms with Gasteiger partial charge in [-0.2, -0.15) is 5.10 Å². The van der Waals surface area contributed by atoms with Gasteiger partial charge in [0, 0.05) is 10.6 Å².